The smallest absolute Gasteiger partial charge is 0.332 e. The number of hydrazone groups is 1. The standard InChI is InChI=1S/C12H15BrN4O4/c1-2-20-9-4-7(5-16-17-12(15)19)3-8(13)11(9)21-6-10(14)18/h3-5H,2,6H2,1H3,(H2,14,18)(H3,15,17,19)/b16-5-. The summed E-state index contributed by atoms with van der Waals surface area (Å²) < 4.78 is 11.3. The minimum absolute atomic E-state index is 0.269. The fourth-order valence-corrected chi connectivity index (χ4v) is 1.95. The Morgan fingerprint density at radius 3 is 2.67 bits per heavy atom. The highest BCUT2D eigenvalue weighted by Crippen LogP contribution is 2.36. The zero-order valence-corrected chi connectivity index (χ0v) is 12.8. The maximum absolute atomic E-state index is 10.8. The molecule has 0 bridgehead atoms. The first-order chi connectivity index (χ1) is 9.93. The minimum atomic E-state index is -0.767. The molecule has 0 saturated carbocycles. The molecule has 21 heavy (non-hydrogen) atoms. The molecule has 0 radical (unpaired) electrons. The van der Waals surface area contributed by atoms with Crippen LogP contribution in [0.3, 0.4) is 0 Å². The summed E-state index contributed by atoms with van der Waals surface area (Å²) in [5.74, 6) is 0.171. The summed E-state index contributed by atoms with van der Waals surface area (Å²) in [5, 5.41) is 3.65. The Bertz CT molecular complexity index is 562. The molecule has 0 unspecified atom stereocenters. The van der Waals surface area contributed by atoms with Crippen LogP contribution in [0.2, 0.25) is 0 Å². The van der Waals surface area contributed by atoms with Crippen LogP contribution in [0.15, 0.2) is 21.7 Å². The van der Waals surface area contributed by atoms with Gasteiger partial charge in [-0.25, -0.2) is 10.2 Å². The van der Waals surface area contributed by atoms with E-state index in [-0.39, 0.29) is 6.61 Å². The Morgan fingerprint density at radius 2 is 2.10 bits per heavy atom. The van der Waals surface area contributed by atoms with Gasteiger partial charge in [-0.2, -0.15) is 5.10 Å². The number of nitrogens with two attached hydrogens (primary N) is 2. The van der Waals surface area contributed by atoms with Gasteiger partial charge in [-0.15, -0.1) is 0 Å². The monoisotopic (exact) mass is 358 g/mol. The van der Waals surface area contributed by atoms with Crippen molar-refractivity contribution in [1.29, 1.82) is 0 Å². The van der Waals surface area contributed by atoms with Crippen LogP contribution in [0, 0.1) is 0 Å². The van der Waals surface area contributed by atoms with Gasteiger partial charge in [-0.3, -0.25) is 4.79 Å². The third-order valence-corrected chi connectivity index (χ3v) is 2.67. The van der Waals surface area contributed by atoms with Gasteiger partial charge >= 0.3 is 6.03 Å². The number of hydrogen-bond donors (Lipinski definition) is 3. The molecule has 0 saturated heterocycles. The van der Waals surface area contributed by atoms with E-state index in [0.717, 1.165) is 0 Å². The third kappa shape index (κ3) is 5.69. The van der Waals surface area contributed by atoms with Crippen molar-refractivity contribution in [2.24, 2.45) is 16.6 Å². The summed E-state index contributed by atoms with van der Waals surface area (Å²) in [6, 6.07) is 2.54. The summed E-state index contributed by atoms with van der Waals surface area (Å²) in [4.78, 5) is 21.3. The van der Waals surface area contributed by atoms with Gasteiger partial charge in [-0.1, -0.05) is 0 Å². The van der Waals surface area contributed by atoms with Crippen molar-refractivity contribution in [3.8, 4) is 11.5 Å². The first-order valence-electron chi connectivity index (χ1n) is 5.90. The van der Waals surface area contributed by atoms with Gasteiger partial charge < -0.3 is 20.9 Å². The largest absolute Gasteiger partial charge is 0.490 e. The molecule has 0 fully saturated rings. The van der Waals surface area contributed by atoms with Crippen molar-refractivity contribution >= 4 is 34.1 Å². The van der Waals surface area contributed by atoms with E-state index in [4.69, 9.17) is 20.9 Å². The molecule has 5 N–H and O–H groups in total. The lowest BCUT2D eigenvalue weighted by atomic mass is 10.2. The van der Waals surface area contributed by atoms with Crippen LogP contribution >= 0.6 is 15.9 Å². The first-order valence-corrected chi connectivity index (χ1v) is 6.69. The SMILES string of the molecule is CCOc1cc(/C=N\NC(N)=O)cc(Br)c1OCC(N)=O. The number of nitrogens with one attached hydrogen (secondary N) is 1. The molecule has 0 aromatic heterocycles. The van der Waals surface area contributed by atoms with E-state index in [1.54, 1.807) is 19.1 Å². The second-order valence-corrected chi connectivity index (χ2v) is 4.61. The summed E-state index contributed by atoms with van der Waals surface area (Å²) in [6.07, 6.45) is 1.38. The van der Waals surface area contributed by atoms with Gasteiger partial charge in [0, 0.05) is 0 Å². The summed E-state index contributed by atoms with van der Waals surface area (Å²) in [7, 11) is 0. The number of carbonyl (C=O) groups is 2. The summed E-state index contributed by atoms with van der Waals surface area (Å²) >= 11 is 3.31. The highest BCUT2D eigenvalue weighted by molar-refractivity contribution is 9.10. The van der Waals surface area contributed by atoms with E-state index >= 15 is 0 Å². The number of rotatable bonds is 7. The molecular weight excluding hydrogens is 344 g/mol. The molecular formula is C12H15BrN4O4. The lowest BCUT2D eigenvalue weighted by molar-refractivity contribution is -0.119. The van der Waals surface area contributed by atoms with Crippen LogP contribution in [0.1, 0.15) is 12.5 Å². The molecule has 0 aliphatic carbocycles. The van der Waals surface area contributed by atoms with Crippen LogP contribution in [-0.2, 0) is 4.79 Å². The second kappa shape index (κ2) is 8.10. The average Bonchev–Trinajstić information content (AvgIpc) is 2.37. The topological polar surface area (TPSA) is 129 Å². The molecule has 0 aliphatic rings. The first kappa shape index (κ1) is 16.8. The third-order valence-electron chi connectivity index (χ3n) is 2.08. The van der Waals surface area contributed by atoms with Crippen molar-refractivity contribution in [3.05, 3.63) is 22.2 Å². The molecule has 8 nitrogen and oxygen atoms in total. The normalized spacial score (nSPS) is 10.4. The molecule has 0 heterocycles. The van der Waals surface area contributed by atoms with E-state index in [1.165, 1.54) is 6.21 Å². The van der Waals surface area contributed by atoms with Crippen LogP contribution in [0.25, 0.3) is 0 Å². The Balaban J connectivity index is 3.02. The lowest BCUT2D eigenvalue weighted by Gasteiger charge is -2.13. The number of nitrogens with zero attached hydrogens (tertiary/aromatic N) is 1. The molecule has 0 atom stereocenters. The quantitative estimate of drug-likeness (QED) is 0.489. The van der Waals surface area contributed by atoms with E-state index in [0.29, 0.717) is 28.1 Å². The molecule has 1 aromatic carbocycles. The van der Waals surface area contributed by atoms with Gasteiger partial charge in [-0.05, 0) is 40.5 Å². The van der Waals surface area contributed by atoms with Crippen LogP contribution in [-0.4, -0.2) is 31.4 Å². The van der Waals surface area contributed by atoms with Crippen molar-refractivity contribution in [1.82, 2.24) is 5.43 Å². The highest BCUT2D eigenvalue weighted by Gasteiger charge is 2.12. The maximum Gasteiger partial charge on any atom is 0.332 e. The fraction of sp³-hybridized carbons (Fsp3) is 0.250. The minimum Gasteiger partial charge on any atom is -0.490 e. The number of carbonyl (C=O) groups excluding carboxylic acids is 2. The van der Waals surface area contributed by atoms with E-state index in [9.17, 15) is 9.59 Å². The van der Waals surface area contributed by atoms with E-state index < -0.39 is 11.9 Å². The van der Waals surface area contributed by atoms with E-state index in [1.807, 2.05) is 0 Å². The van der Waals surface area contributed by atoms with Crippen molar-refractivity contribution in [2.45, 2.75) is 6.92 Å². The molecule has 114 valence electrons. The molecule has 1 rings (SSSR count). The predicted molar refractivity (Wildman–Crippen MR) is 80.3 cm³/mol. The predicted octanol–water partition coefficient (Wildman–Crippen LogP) is 0.714. The number of primary amides is 2. The summed E-state index contributed by atoms with van der Waals surface area (Å²) in [6.45, 7) is 1.94. The number of ether oxygens (including phenoxy) is 2. The van der Waals surface area contributed by atoms with Gasteiger partial charge in [0.25, 0.3) is 5.91 Å². The van der Waals surface area contributed by atoms with Crippen molar-refractivity contribution < 1.29 is 19.1 Å². The molecule has 0 spiro atoms. The second-order valence-electron chi connectivity index (χ2n) is 3.75. The van der Waals surface area contributed by atoms with E-state index in [2.05, 4.69) is 26.5 Å². The fourth-order valence-electron chi connectivity index (χ4n) is 1.38. The van der Waals surface area contributed by atoms with Crippen LogP contribution < -0.4 is 26.4 Å². The molecule has 0 aliphatic heterocycles. The van der Waals surface area contributed by atoms with Crippen LogP contribution in [0.4, 0.5) is 4.79 Å². The zero-order chi connectivity index (χ0) is 15.8. The average molecular weight is 359 g/mol. The Hall–Kier alpha value is -2.29. The van der Waals surface area contributed by atoms with Gasteiger partial charge in [0.1, 0.15) is 0 Å². The Morgan fingerprint density at radius 1 is 1.38 bits per heavy atom. The highest BCUT2D eigenvalue weighted by atomic mass is 79.9. The van der Waals surface area contributed by atoms with Gasteiger partial charge in [0.15, 0.2) is 18.1 Å². The van der Waals surface area contributed by atoms with Gasteiger partial charge in [0.2, 0.25) is 0 Å². The Kier molecular flexibility index (Phi) is 6.47. The Labute approximate surface area is 129 Å². The van der Waals surface area contributed by atoms with Crippen LogP contribution in [0.5, 0.6) is 11.5 Å². The number of urea groups is 1. The molecule has 3 amide bonds. The van der Waals surface area contributed by atoms with Crippen molar-refractivity contribution in [3.63, 3.8) is 0 Å². The number of hydrogen-bond acceptors (Lipinski definition) is 5. The zero-order valence-electron chi connectivity index (χ0n) is 11.3. The molecule has 9 heteroatoms. The number of halogens is 1. The maximum atomic E-state index is 10.8. The van der Waals surface area contributed by atoms with Crippen molar-refractivity contribution in [2.75, 3.05) is 13.2 Å². The molecule has 1 aromatic rings. The number of benzene rings is 1. The van der Waals surface area contributed by atoms with Gasteiger partial charge in [0.05, 0.1) is 17.3 Å². The lowest BCUT2D eigenvalue weighted by Crippen LogP contribution is -2.24. The summed E-state index contributed by atoms with van der Waals surface area (Å²) in [5.41, 5.74) is 12.6. The number of amides is 3.